The molecule has 1 N–H and O–H groups in total. The second kappa shape index (κ2) is 8.46. The summed E-state index contributed by atoms with van der Waals surface area (Å²) in [5.41, 5.74) is 0. The molecular formula is C15H28N4O2. The highest BCUT2D eigenvalue weighted by molar-refractivity contribution is 5.02. The summed E-state index contributed by atoms with van der Waals surface area (Å²) in [4.78, 5) is 6.93. The first kappa shape index (κ1) is 16.4. The van der Waals surface area contributed by atoms with Gasteiger partial charge in [-0.05, 0) is 26.1 Å². The van der Waals surface area contributed by atoms with E-state index in [-0.39, 0.29) is 5.92 Å². The van der Waals surface area contributed by atoms with Crippen molar-refractivity contribution in [3.8, 4) is 0 Å². The van der Waals surface area contributed by atoms with Crippen molar-refractivity contribution >= 4 is 0 Å². The van der Waals surface area contributed by atoms with E-state index >= 15 is 0 Å². The van der Waals surface area contributed by atoms with Crippen LogP contribution in [0.15, 0.2) is 4.52 Å². The maximum atomic E-state index is 5.56. The van der Waals surface area contributed by atoms with E-state index in [1.807, 2.05) is 0 Å². The Morgan fingerprint density at radius 3 is 2.76 bits per heavy atom. The van der Waals surface area contributed by atoms with Crippen LogP contribution in [0.4, 0.5) is 0 Å². The number of nitrogens with zero attached hydrogens (tertiary/aromatic N) is 3. The van der Waals surface area contributed by atoms with Crippen LogP contribution in [0.1, 0.15) is 44.8 Å². The molecule has 1 saturated heterocycles. The molecule has 21 heavy (non-hydrogen) atoms. The van der Waals surface area contributed by atoms with Gasteiger partial charge in [0.15, 0.2) is 5.82 Å². The lowest BCUT2D eigenvalue weighted by atomic mass is 10.0. The summed E-state index contributed by atoms with van der Waals surface area (Å²) in [5.74, 6) is 1.71. The summed E-state index contributed by atoms with van der Waals surface area (Å²) >= 11 is 0. The van der Waals surface area contributed by atoms with Crippen molar-refractivity contribution in [1.29, 1.82) is 0 Å². The highest BCUT2D eigenvalue weighted by Gasteiger charge is 2.33. The summed E-state index contributed by atoms with van der Waals surface area (Å²) < 4.78 is 11.0. The van der Waals surface area contributed by atoms with Crippen LogP contribution in [-0.4, -0.2) is 60.5 Å². The van der Waals surface area contributed by atoms with E-state index < -0.39 is 0 Å². The monoisotopic (exact) mass is 296 g/mol. The van der Waals surface area contributed by atoms with Gasteiger partial charge < -0.3 is 19.5 Å². The minimum atomic E-state index is 0.186. The van der Waals surface area contributed by atoms with Crippen LogP contribution in [0.5, 0.6) is 0 Å². The number of rotatable bonds is 9. The molecule has 0 aliphatic carbocycles. The molecule has 1 aliphatic heterocycles. The molecular weight excluding hydrogens is 268 g/mol. The van der Waals surface area contributed by atoms with Gasteiger partial charge in [-0.2, -0.15) is 4.98 Å². The Labute approximate surface area is 127 Å². The molecule has 0 amide bonds. The van der Waals surface area contributed by atoms with Crippen molar-refractivity contribution in [2.24, 2.45) is 0 Å². The lowest BCUT2D eigenvalue weighted by Crippen LogP contribution is -2.35. The van der Waals surface area contributed by atoms with Crippen molar-refractivity contribution in [3.63, 3.8) is 0 Å². The van der Waals surface area contributed by atoms with Crippen molar-refractivity contribution in [2.75, 3.05) is 39.4 Å². The van der Waals surface area contributed by atoms with Crippen LogP contribution in [0.3, 0.4) is 0 Å². The van der Waals surface area contributed by atoms with E-state index in [2.05, 4.69) is 41.1 Å². The Bertz CT molecular complexity index is 406. The number of ether oxygens (including phenoxy) is 1. The van der Waals surface area contributed by atoms with Crippen molar-refractivity contribution in [2.45, 2.75) is 45.6 Å². The molecule has 2 atom stereocenters. The van der Waals surface area contributed by atoms with Gasteiger partial charge in [0.1, 0.15) is 0 Å². The van der Waals surface area contributed by atoms with Gasteiger partial charge >= 0.3 is 0 Å². The standard InChI is InChI=1S/C15H28N4O2/c1-4-8-16-13-11-20-10-12(13)15-17-14(18-21-15)7-9-19(5-2)6-3/h12-13,16H,4-11H2,1-3H3. The molecule has 0 saturated carbocycles. The van der Waals surface area contributed by atoms with Gasteiger partial charge in [0.2, 0.25) is 5.89 Å². The minimum absolute atomic E-state index is 0.186. The zero-order chi connectivity index (χ0) is 15.1. The average molecular weight is 296 g/mol. The third kappa shape index (κ3) is 4.49. The van der Waals surface area contributed by atoms with Gasteiger partial charge in [0.25, 0.3) is 0 Å². The molecule has 2 rings (SSSR count). The number of hydrogen-bond acceptors (Lipinski definition) is 6. The van der Waals surface area contributed by atoms with E-state index in [9.17, 15) is 0 Å². The average Bonchev–Trinajstić information content (AvgIpc) is 3.14. The molecule has 120 valence electrons. The van der Waals surface area contributed by atoms with Crippen molar-refractivity contribution < 1.29 is 9.26 Å². The smallest absolute Gasteiger partial charge is 0.233 e. The lowest BCUT2D eigenvalue weighted by molar-refractivity contribution is 0.184. The molecule has 6 heteroatoms. The molecule has 1 aromatic rings. The Hall–Kier alpha value is -0.980. The normalized spacial score (nSPS) is 22.3. The highest BCUT2D eigenvalue weighted by Crippen LogP contribution is 2.24. The third-order valence-corrected chi connectivity index (χ3v) is 4.08. The van der Waals surface area contributed by atoms with Gasteiger partial charge in [0.05, 0.1) is 19.1 Å². The zero-order valence-electron chi connectivity index (χ0n) is 13.5. The summed E-state index contributed by atoms with van der Waals surface area (Å²) in [5, 5.41) is 7.62. The van der Waals surface area contributed by atoms with Crippen LogP contribution in [0.25, 0.3) is 0 Å². The molecule has 0 spiro atoms. The van der Waals surface area contributed by atoms with E-state index in [1.54, 1.807) is 0 Å². The zero-order valence-corrected chi connectivity index (χ0v) is 13.5. The Balaban J connectivity index is 1.89. The van der Waals surface area contributed by atoms with E-state index in [4.69, 9.17) is 9.26 Å². The van der Waals surface area contributed by atoms with Crippen molar-refractivity contribution in [3.05, 3.63) is 11.7 Å². The summed E-state index contributed by atoms with van der Waals surface area (Å²) in [6.45, 7) is 12.0. The SMILES string of the molecule is CCCNC1COCC1c1nc(CCN(CC)CC)no1. The first-order valence-corrected chi connectivity index (χ1v) is 8.14. The number of aromatic nitrogens is 2. The first-order valence-electron chi connectivity index (χ1n) is 8.14. The Morgan fingerprint density at radius 1 is 1.24 bits per heavy atom. The molecule has 2 heterocycles. The fourth-order valence-electron chi connectivity index (χ4n) is 2.65. The molecule has 0 radical (unpaired) electrons. The molecule has 1 aliphatic rings. The van der Waals surface area contributed by atoms with E-state index in [0.29, 0.717) is 12.6 Å². The molecule has 0 aromatic carbocycles. The summed E-state index contributed by atoms with van der Waals surface area (Å²) in [7, 11) is 0. The minimum Gasteiger partial charge on any atom is -0.379 e. The molecule has 2 unspecified atom stereocenters. The second-order valence-electron chi connectivity index (χ2n) is 5.53. The van der Waals surface area contributed by atoms with Crippen LogP contribution < -0.4 is 5.32 Å². The predicted molar refractivity (Wildman–Crippen MR) is 81.4 cm³/mol. The molecule has 1 aromatic heterocycles. The van der Waals surface area contributed by atoms with Gasteiger partial charge in [-0.3, -0.25) is 0 Å². The fraction of sp³-hybridized carbons (Fsp3) is 0.867. The first-order chi connectivity index (χ1) is 10.3. The topological polar surface area (TPSA) is 63.4 Å². The lowest BCUT2D eigenvalue weighted by Gasteiger charge is -2.16. The maximum absolute atomic E-state index is 5.56. The van der Waals surface area contributed by atoms with Crippen LogP contribution >= 0.6 is 0 Å². The molecule has 0 bridgehead atoms. The number of hydrogen-bond donors (Lipinski definition) is 1. The summed E-state index contributed by atoms with van der Waals surface area (Å²) in [6.07, 6.45) is 1.95. The van der Waals surface area contributed by atoms with Crippen LogP contribution in [0.2, 0.25) is 0 Å². The van der Waals surface area contributed by atoms with Crippen molar-refractivity contribution in [1.82, 2.24) is 20.4 Å². The predicted octanol–water partition coefficient (Wildman–Crippen LogP) is 1.44. The number of nitrogens with one attached hydrogen (secondary N) is 1. The largest absolute Gasteiger partial charge is 0.379 e. The second-order valence-corrected chi connectivity index (χ2v) is 5.53. The van der Waals surface area contributed by atoms with E-state index in [0.717, 1.165) is 57.3 Å². The van der Waals surface area contributed by atoms with Crippen LogP contribution in [0, 0.1) is 0 Å². The Kier molecular flexibility index (Phi) is 6.60. The Morgan fingerprint density at radius 2 is 2.05 bits per heavy atom. The number of likely N-dealkylation sites (N-methyl/N-ethyl adjacent to an activating group) is 1. The van der Waals surface area contributed by atoms with Gasteiger partial charge in [-0.1, -0.05) is 25.9 Å². The molecule has 1 fully saturated rings. The quantitative estimate of drug-likeness (QED) is 0.744. The van der Waals surface area contributed by atoms with Crippen LogP contribution in [-0.2, 0) is 11.2 Å². The highest BCUT2D eigenvalue weighted by atomic mass is 16.5. The van der Waals surface area contributed by atoms with E-state index in [1.165, 1.54) is 0 Å². The van der Waals surface area contributed by atoms with Gasteiger partial charge in [0, 0.05) is 19.0 Å². The summed E-state index contributed by atoms with van der Waals surface area (Å²) in [6, 6.07) is 0.293. The fourth-order valence-corrected chi connectivity index (χ4v) is 2.65. The maximum Gasteiger partial charge on any atom is 0.233 e. The van der Waals surface area contributed by atoms with Gasteiger partial charge in [-0.25, -0.2) is 0 Å². The third-order valence-electron chi connectivity index (χ3n) is 4.08. The van der Waals surface area contributed by atoms with Gasteiger partial charge in [-0.15, -0.1) is 0 Å². The molecule has 6 nitrogen and oxygen atoms in total.